The molecule has 152 valence electrons. The number of hydrogen-bond acceptors (Lipinski definition) is 5. The highest BCUT2D eigenvalue weighted by molar-refractivity contribution is 6.16. The van der Waals surface area contributed by atoms with Gasteiger partial charge in [-0.15, -0.1) is 0 Å². The topological polar surface area (TPSA) is 70.1 Å². The molecule has 1 aliphatic heterocycles. The largest absolute Gasteiger partial charge is 0.503 e. The summed E-state index contributed by atoms with van der Waals surface area (Å²) in [5.74, 6) is -0.701. The van der Waals surface area contributed by atoms with Gasteiger partial charge in [0.05, 0.1) is 18.2 Å². The van der Waals surface area contributed by atoms with E-state index in [0.29, 0.717) is 18.0 Å². The van der Waals surface area contributed by atoms with Gasteiger partial charge in [-0.3, -0.25) is 14.5 Å². The van der Waals surface area contributed by atoms with Gasteiger partial charge in [0.1, 0.15) is 5.75 Å². The lowest BCUT2D eigenvalue weighted by Gasteiger charge is -2.27. The fraction of sp³-hybridized carbons (Fsp3) is 0.304. The quantitative estimate of drug-likeness (QED) is 0.768. The van der Waals surface area contributed by atoms with E-state index in [-0.39, 0.29) is 17.8 Å². The Morgan fingerprint density at radius 1 is 1.14 bits per heavy atom. The van der Waals surface area contributed by atoms with E-state index in [1.54, 1.807) is 31.2 Å². The zero-order valence-electron chi connectivity index (χ0n) is 17.2. The molecule has 0 spiro atoms. The van der Waals surface area contributed by atoms with Crippen molar-refractivity contribution in [2.45, 2.75) is 26.3 Å². The summed E-state index contributed by atoms with van der Waals surface area (Å²) in [5, 5.41) is 10.6. The van der Waals surface area contributed by atoms with Gasteiger partial charge >= 0.3 is 0 Å². The Labute approximate surface area is 171 Å². The molecule has 3 rings (SSSR count). The lowest BCUT2D eigenvalue weighted by molar-refractivity contribution is -0.118. The van der Waals surface area contributed by atoms with Gasteiger partial charge < -0.3 is 14.7 Å². The Morgan fingerprint density at radius 3 is 2.41 bits per heavy atom. The maximum atomic E-state index is 13.0. The number of amides is 1. The Hall–Kier alpha value is -3.28. The van der Waals surface area contributed by atoms with Crippen molar-refractivity contribution < 1.29 is 19.4 Å². The van der Waals surface area contributed by atoms with E-state index in [4.69, 9.17) is 4.74 Å². The molecule has 1 atom stereocenters. The minimum atomic E-state index is -0.692. The first-order valence-electron chi connectivity index (χ1n) is 9.69. The molecule has 1 unspecified atom stereocenters. The predicted molar refractivity (Wildman–Crippen MR) is 114 cm³/mol. The number of hydrogen-bond donors (Lipinski definition) is 1. The van der Waals surface area contributed by atoms with E-state index in [0.717, 1.165) is 11.3 Å². The zero-order chi connectivity index (χ0) is 21.1. The summed E-state index contributed by atoms with van der Waals surface area (Å²) in [6.45, 7) is 4.10. The second-order valence-electron chi connectivity index (χ2n) is 7.03. The lowest BCUT2D eigenvalue weighted by Crippen LogP contribution is -2.31. The first kappa shape index (κ1) is 20.5. The maximum Gasteiger partial charge on any atom is 0.294 e. The summed E-state index contributed by atoms with van der Waals surface area (Å²) in [7, 11) is 3.88. The summed E-state index contributed by atoms with van der Waals surface area (Å²) in [6, 6.07) is 14.0. The van der Waals surface area contributed by atoms with Crippen molar-refractivity contribution in [2.24, 2.45) is 0 Å². The number of anilines is 2. The number of aliphatic hydroxyl groups excluding tert-OH is 1. The first-order valence-corrected chi connectivity index (χ1v) is 9.69. The predicted octanol–water partition coefficient (Wildman–Crippen LogP) is 4.03. The second kappa shape index (κ2) is 8.39. The van der Waals surface area contributed by atoms with Crippen molar-refractivity contribution in [1.82, 2.24) is 0 Å². The highest BCUT2D eigenvalue weighted by atomic mass is 16.5. The Bertz CT molecular complexity index is 948. The molecule has 1 aliphatic rings. The molecule has 29 heavy (non-hydrogen) atoms. The highest BCUT2D eigenvalue weighted by Gasteiger charge is 2.43. The van der Waals surface area contributed by atoms with Gasteiger partial charge in [-0.1, -0.05) is 25.1 Å². The maximum absolute atomic E-state index is 13.0. The number of ketones is 1. The monoisotopic (exact) mass is 394 g/mol. The average Bonchev–Trinajstić information content (AvgIpc) is 2.99. The first-order chi connectivity index (χ1) is 13.9. The third-order valence-electron chi connectivity index (χ3n) is 4.96. The number of carbonyl (C=O) groups excluding carboxylic acids is 2. The molecule has 0 bridgehead atoms. The van der Waals surface area contributed by atoms with E-state index in [9.17, 15) is 14.7 Å². The van der Waals surface area contributed by atoms with Gasteiger partial charge in [0.2, 0.25) is 0 Å². The van der Waals surface area contributed by atoms with Crippen LogP contribution in [0.3, 0.4) is 0 Å². The smallest absolute Gasteiger partial charge is 0.294 e. The molecular formula is C23H26N2O4. The van der Waals surface area contributed by atoms with Gasteiger partial charge in [0.25, 0.3) is 5.91 Å². The van der Waals surface area contributed by atoms with E-state index in [2.05, 4.69) is 0 Å². The molecule has 1 N–H and O–H groups in total. The summed E-state index contributed by atoms with van der Waals surface area (Å²) >= 11 is 0. The number of Topliss-reactive ketones (excluding diaryl/α,β-unsaturated/α-hetero) is 1. The van der Waals surface area contributed by atoms with Gasteiger partial charge in [0, 0.05) is 38.0 Å². The number of ether oxygens (including phenoxy) is 1. The van der Waals surface area contributed by atoms with Crippen molar-refractivity contribution in [2.75, 3.05) is 30.5 Å². The Morgan fingerprint density at radius 2 is 1.83 bits per heavy atom. The molecule has 0 fully saturated rings. The Balaban J connectivity index is 2.12. The van der Waals surface area contributed by atoms with Crippen LogP contribution in [-0.2, 0) is 9.59 Å². The third kappa shape index (κ3) is 3.83. The van der Waals surface area contributed by atoms with Gasteiger partial charge in [-0.05, 0) is 36.8 Å². The van der Waals surface area contributed by atoms with Crippen molar-refractivity contribution in [3.8, 4) is 5.75 Å². The molecule has 0 aromatic heterocycles. The summed E-state index contributed by atoms with van der Waals surface area (Å²) in [5.41, 5.74) is 2.45. The fourth-order valence-electron chi connectivity index (χ4n) is 3.51. The van der Waals surface area contributed by atoms with Crippen LogP contribution >= 0.6 is 0 Å². The van der Waals surface area contributed by atoms with Crippen LogP contribution in [0.2, 0.25) is 0 Å². The minimum Gasteiger partial charge on any atom is -0.503 e. The number of benzene rings is 2. The van der Waals surface area contributed by atoms with Crippen LogP contribution in [0.4, 0.5) is 11.4 Å². The van der Waals surface area contributed by atoms with Gasteiger partial charge in [0.15, 0.2) is 11.5 Å². The van der Waals surface area contributed by atoms with Crippen molar-refractivity contribution >= 4 is 23.1 Å². The molecule has 0 radical (unpaired) electrons. The van der Waals surface area contributed by atoms with E-state index < -0.39 is 17.7 Å². The molecule has 0 aliphatic carbocycles. The molecule has 1 amide bonds. The van der Waals surface area contributed by atoms with Crippen LogP contribution in [0.5, 0.6) is 5.75 Å². The molecule has 0 saturated carbocycles. The Kier molecular flexibility index (Phi) is 5.92. The zero-order valence-corrected chi connectivity index (χ0v) is 17.2. The molecule has 6 nitrogen and oxygen atoms in total. The van der Waals surface area contributed by atoms with Gasteiger partial charge in [-0.2, -0.15) is 0 Å². The van der Waals surface area contributed by atoms with Crippen LogP contribution in [0.15, 0.2) is 59.9 Å². The summed E-state index contributed by atoms with van der Waals surface area (Å²) < 4.78 is 5.56. The van der Waals surface area contributed by atoms with Crippen LogP contribution in [0.25, 0.3) is 0 Å². The molecule has 1 heterocycles. The normalized spacial score (nSPS) is 16.3. The van der Waals surface area contributed by atoms with E-state index >= 15 is 0 Å². The van der Waals surface area contributed by atoms with Crippen LogP contribution in [0, 0.1) is 0 Å². The third-order valence-corrected chi connectivity index (χ3v) is 4.96. The second-order valence-corrected chi connectivity index (χ2v) is 7.03. The van der Waals surface area contributed by atoms with Crippen molar-refractivity contribution in [1.29, 1.82) is 0 Å². The number of nitrogens with zero attached hydrogens (tertiary/aromatic N) is 2. The SMILES string of the molecule is CCOc1cccc(N2C(=O)C(O)=C(C(=O)CC)C2c2ccc(N(C)C)cc2)c1. The molecule has 0 saturated heterocycles. The highest BCUT2D eigenvalue weighted by Crippen LogP contribution is 2.42. The number of aliphatic hydroxyl groups is 1. The lowest BCUT2D eigenvalue weighted by atomic mass is 9.94. The average molecular weight is 394 g/mol. The van der Waals surface area contributed by atoms with Crippen LogP contribution < -0.4 is 14.5 Å². The standard InChI is InChI=1S/C23H26N2O4/c1-5-19(26)20-21(15-10-12-16(13-11-15)24(3)4)25(23(28)22(20)27)17-8-7-9-18(14-17)29-6-2/h7-14,21,27H,5-6H2,1-4H3. The molecule has 2 aromatic rings. The minimum absolute atomic E-state index is 0.136. The number of carbonyl (C=O) groups is 2. The van der Waals surface area contributed by atoms with Crippen LogP contribution in [0.1, 0.15) is 31.9 Å². The van der Waals surface area contributed by atoms with Crippen molar-refractivity contribution in [3.05, 3.63) is 65.4 Å². The fourth-order valence-corrected chi connectivity index (χ4v) is 3.51. The number of rotatable bonds is 7. The molecule has 6 heteroatoms. The van der Waals surface area contributed by atoms with E-state index in [1.807, 2.05) is 50.2 Å². The molecule has 2 aromatic carbocycles. The van der Waals surface area contributed by atoms with E-state index in [1.165, 1.54) is 4.90 Å². The molecular weight excluding hydrogens is 368 g/mol. The van der Waals surface area contributed by atoms with Crippen molar-refractivity contribution in [3.63, 3.8) is 0 Å². The van der Waals surface area contributed by atoms with Crippen LogP contribution in [-0.4, -0.2) is 37.5 Å². The summed E-state index contributed by atoms with van der Waals surface area (Å²) in [4.78, 5) is 29.1. The summed E-state index contributed by atoms with van der Waals surface area (Å²) in [6.07, 6.45) is 0.200. The van der Waals surface area contributed by atoms with Gasteiger partial charge in [-0.25, -0.2) is 0 Å².